The minimum Gasteiger partial charge on any atom is -0.379 e. The van der Waals surface area contributed by atoms with Crippen LogP contribution in [0.15, 0.2) is 17.6 Å². The van der Waals surface area contributed by atoms with Crippen LogP contribution in [0.25, 0.3) is 0 Å². The molecule has 0 fully saturated rings. The molecule has 0 aliphatic carbocycles. The monoisotopic (exact) mass is 180 g/mol. The van der Waals surface area contributed by atoms with Gasteiger partial charge in [-0.2, -0.15) is 0 Å². The third kappa shape index (κ3) is 7.85. The average Bonchev–Trinajstić information content (AvgIpc) is 1.85. The molecule has 2 nitrogen and oxygen atoms in total. The van der Waals surface area contributed by atoms with Crippen LogP contribution in [-0.4, -0.2) is 17.5 Å². The standard InChI is InChI=1S/C6H12N2S.ClH/c1-3-5-9-6(7)8-4-2;/h3H,1,4-5H2,2H3,(H2,7,8);1H. The Morgan fingerprint density at radius 1 is 1.80 bits per heavy atom. The molecule has 0 radical (unpaired) electrons. The summed E-state index contributed by atoms with van der Waals surface area (Å²) in [6.07, 6.45) is 1.81. The molecule has 0 spiro atoms. The fourth-order valence-corrected chi connectivity index (χ4v) is 0.855. The average molecular weight is 181 g/mol. The Morgan fingerprint density at radius 3 is 2.80 bits per heavy atom. The molecule has 2 N–H and O–H groups in total. The SMILES string of the molecule is C=CCSC(N)=NCC.Cl. The van der Waals surface area contributed by atoms with Crippen LogP contribution in [0, 0.1) is 0 Å². The van der Waals surface area contributed by atoms with Gasteiger partial charge in [-0.1, -0.05) is 17.8 Å². The third-order valence-electron chi connectivity index (χ3n) is 0.663. The van der Waals surface area contributed by atoms with Gasteiger partial charge in [-0.15, -0.1) is 19.0 Å². The summed E-state index contributed by atoms with van der Waals surface area (Å²) in [6.45, 7) is 6.28. The van der Waals surface area contributed by atoms with Gasteiger partial charge in [0, 0.05) is 12.3 Å². The maximum absolute atomic E-state index is 5.44. The van der Waals surface area contributed by atoms with E-state index in [0.29, 0.717) is 5.17 Å². The number of thioether (sulfide) groups is 1. The predicted molar refractivity (Wildman–Crippen MR) is 52.1 cm³/mol. The van der Waals surface area contributed by atoms with E-state index in [1.807, 2.05) is 13.0 Å². The summed E-state index contributed by atoms with van der Waals surface area (Å²) in [5.41, 5.74) is 5.44. The maximum Gasteiger partial charge on any atom is 0.154 e. The van der Waals surface area contributed by atoms with Crippen LogP contribution in [0.4, 0.5) is 0 Å². The zero-order chi connectivity index (χ0) is 7.11. The van der Waals surface area contributed by atoms with E-state index in [1.54, 1.807) is 0 Å². The molecule has 0 heterocycles. The highest BCUT2D eigenvalue weighted by Crippen LogP contribution is 1.98. The normalized spacial score (nSPS) is 10.3. The fourth-order valence-electron chi connectivity index (χ4n) is 0.346. The van der Waals surface area contributed by atoms with Gasteiger partial charge in [-0.3, -0.25) is 4.99 Å². The molecule has 0 aromatic heterocycles. The smallest absolute Gasteiger partial charge is 0.154 e. The van der Waals surface area contributed by atoms with E-state index < -0.39 is 0 Å². The van der Waals surface area contributed by atoms with E-state index in [2.05, 4.69) is 11.6 Å². The Balaban J connectivity index is 0. The van der Waals surface area contributed by atoms with Gasteiger partial charge in [0.05, 0.1) is 0 Å². The highest BCUT2D eigenvalue weighted by Gasteiger charge is 1.86. The number of nitrogens with two attached hydrogens (primary N) is 1. The van der Waals surface area contributed by atoms with Gasteiger partial charge < -0.3 is 5.73 Å². The van der Waals surface area contributed by atoms with Crippen molar-refractivity contribution in [1.29, 1.82) is 0 Å². The molecule has 10 heavy (non-hydrogen) atoms. The molecule has 0 saturated heterocycles. The van der Waals surface area contributed by atoms with Crippen molar-refractivity contribution >= 4 is 29.3 Å². The lowest BCUT2D eigenvalue weighted by Crippen LogP contribution is -2.06. The van der Waals surface area contributed by atoms with Crippen LogP contribution in [0.5, 0.6) is 0 Å². The third-order valence-corrected chi connectivity index (χ3v) is 1.49. The van der Waals surface area contributed by atoms with Gasteiger partial charge in [0.2, 0.25) is 0 Å². The first-order chi connectivity index (χ1) is 4.31. The van der Waals surface area contributed by atoms with Gasteiger partial charge in [0.1, 0.15) is 0 Å². The Bertz CT molecular complexity index is 114. The lowest BCUT2D eigenvalue weighted by Gasteiger charge is -1.93. The second kappa shape index (κ2) is 8.85. The Morgan fingerprint density at radius 2 is 2.40 bits per heavy atom. The molecule has 4 heteroatoms. The first kappa shape index (κ1) is 12.5. The quantitative estimate of drug-likeness (QED) is 0.408. The summed E-state index contributed by atoms with van der Waals surface area (Å²) in [7, 11) is 0. The molecule has 0 aliphatic rings. The van der Waals surface area contributed by atoms with Gasteiger partial charge in [0.15, 0.2) is 5.17 Å². The van der Waals surface area contributed by atoms with Crippen molar-refractivity contribution in [1.82, 2.24) is 0 Å². The van der Waals surface area contributed by atoms with Gasteiger partial charge >= 0.3 is 0 Å². The maximum atomic E-state index is 5.44. The first-order valence-electron chi connectivity index (χ1n) is 2.84. The van der Waals surface area contributed by atoms with Gasteiger partial charge in [-0.05, 0) is 6.92 Å². The zero-order valence-corrected chi connectivity index (χ0v) is 7.67. The minimum absolute atomic E-state index is 0. The number of nitrogens with zero attached hydrogens (tertiary/aromatic N) is 1. The Kier molecular flexibility index (Phi) is 11.1. The second-order valence-electron chi connectivity index (χ2n) is 1.41. The molecule has 0 rings (SSSR count). The van der Waals surface area contributed by atoms with Crippen LogP contribution in [0.3, 0.4) is 0 Å². The summed E-state index contributed by atoms with van der Waals surface area (Å²) < 4.78 is 0. The Labute approximate surface area is 72.4 Å². The topological polar surface area (TPSA) is 38.4 Å². The molecule has 0 aromatic rings. The van der Waals surface area contributed by atoms with E-state index in [4.69, 9.17) is 5.73 Å². The summed E-state index contributed by atoms with van der Waals surface area (Å²) >= 11 is 1.51. The lowest BCUT2D eigenvalue weighted by atomic mass is 10.8. The number of hydrogen-bond acceptors (Lipinski definition) is 2. The fraction of sp³-hybridized carbons (Fsp3) is 0.500. The van der Waals surface area contributed by atoms with Crippen LogP contribution < -0.4 is 5.73 Å². The highest BCUT2D eigenvalue weighted by atomic mass is 35.5. The number of aliphatic imine (C=N–C) groups is 1. The Hall–Kier alpha value is -0.150. The predicted octanol–water partition coefficient (Wildman–Crippen LogP) is 1.66. The molecule has 0 saturated carbocycles. The van der Waals surface area contributed by atoms with E-state index in [-0.39, 0.29) is 12.4 Å². The van der Waals surface area contributed by atoms with Crippen molar-refractivity contribution in [3.63, 3.8) is 0 Å². The van der Waals surface area contributed by atoms with Crippen molar-refractivity contribution in [3.8, 4) is 0 Å². The molecule has 0 aromatic carbocycles. The van der Waals surface area contributed by atoms with Crippen LogP contribution in [0.2, 0.25) is 0 Å². The molecule has 60 valence electrons. The largest absolute Gasteiger partial charge is 0.379 e. The molecule has 0 aliphatic heterocycles. The van der Waals surface area contributed by atoms with Crippen molar-refractivity contribution in [3.05, 3.63) is 12.7 Å². The molecule has 0 amide bonds. The van der Waals surface area contributed by atoms with Crippen molar-refractivity contribution in [2.24, 2.45) is 10.7 Å². The van der Waals surface area contributed by atoms with Crippen molar-refractivity contribution in [2.45, 2.75) is 6.92 Å². The lowest BCUT2D eigenvalue weighted by molar-refractivity contribution is 1.13. The van der Waals surface area contributed by atoms with Crippen LogP contribution in [-0.2, 0) is 0 Å². The number of halogens is 1. The van der Waals surface area contributed by atoms with Gasteiger partial charge in [0.25, 0.3) is 0 Å². The van der Waals surface area contributed by atoms with Gasteiger partial charge in [-0.25, -0.2) is 0 Å². The summed E-state index contributed by atoms with van der Waals surface area (Å²) in [6, 6.07) is 0. The van der Waals surface area contributed by atoms with E-state index >= 15 is 0 Å². The van der Waals surface area contributed by atoms with E-state index in [1.165, 1.54) is 11.8 Å². The van der Waals surface area contributed by atoms with Crippen LogP contribution in [0.1, 0.15) is 6.92 Å². The highest BCUT2D eigenvalue weighted by molar-refractivity contribution is 8.13. The zero-order valence-electron chi connectivity index (χ0n) is 6.04. The number of amidine groups is 1. The minimum atomic E-state index is 0. The molecule has 0 atom stereocenters. The first-order valence-corrected chi connectivity index (χ1v) is 3.83. The van der Waals surface area contributed by atoms with E-state index in [9.17, 15) is 0 Å². The summed E-state index contributed by atoms with van der Waals surface area (Å²) in [4.78, 5) is 3.97. The van der Waals surface area contributed by atoms with Crippen molar-refractivity contribution < 1.29 is 0 Å². The molecular formula is C6H13ClN2S. The number of rotatable bonds is 3. The number of hydrogen-bond donors (Lipinski definition) is 1. The molecule has 0 bridgehead atoms. The van der Waals surface area contributed by atoms with Crippen molar-refractivity contribution in [2.75, 3.05) is 12.3 Å². The molecular weight excluding hydrogens is 168 g/mol. The van der Waals surface area contributed by atoms with E-state index in [0.717, 1.165) is 12.3 Å². The van der Waals surface area contributed by atoms with Crippen LogP contribution >= 0.6 is 24.2 Å². The molecule has 0 unspecified atom stereocenters. The summed E-state index contributed by atoms with van der Waals surface area (Å²) in [5, 5.41) is 0.650. The second-order valence-corrected chi connectivity index (χ2v) is 2.45. The summed E-state index contributed by atoms with van der Waals surface area (Å²) in [5.74, 6) is 0.843.